The molecule has 2 nitrogen and oxygen atoms in total. The van der Waals surface area contributed by atoms with E-state index >= 15 is 0 Å². The van der Waals surface area contributed by atoms with Crippen molar-refractivity contribution in [1.82, 2.24) is 5.32 Å². The maximum Gasteiger partial charge on any atom is 0.0462 e. The van der Waals surface area contributed by atoms with Crippen LogP contribution < -0.4 is 5.32 Å². The van der Waals surface area contributed by atoms with E-state index in [0.717, 1.165) is 19.2 Å². The Morgan fingerprint density at radius 1 is 1.40 bits per heavy atom. The lowest BCUT2D eigenvalue weighted by molar-refractivity contribution is 0.183. The van der Waals surface area contributed by atoms with Crippen LogP contribution in [-0.2, 0) is 4.74 Å². The van der Waals surface area contributed by atoms with E-state index in [0.29, 0.717) is 5.41 Å². The first kappa shape index (κ1) is 13.0. The van der Waals surface area contributed by atoms with Gasteiger partial charge in [0.1, 0.15) is 0 Å². The van der Waals surface area contributed by atoms with E-state index in [2.05, 4.69) is 19.2 Å². The van der Waals surface area contributed by atoms with Crippen LogP contribution in [0, 0.1) is 5.41 Å². The highest BCUT2D eigenvalue weighted by Crippen LogP contribution is 2.41. The molecule has 0 aliphatic heterocycles. The Labute approximate surface area is 94.8 Å². The summed E-state index contributed by atoms with van der Waals surface area (Å²) in [4.78, 5) is 0. The molecule has 0 bridgehead atoms. The molecule has 1 aliphatic rings. The lowest BCUT2D eigenvalue weighted by atomic mass is 9.83. The predicted octanol–water partition coefficient (Wildman–Crippen LogP) is 2.97. The minimum absolute atomic E-state index is 0.598. The average molecular weight is 213 g/mol. The fourth-order valence-corrected chi connectivity index (χ4v) is 2.81. The monoisotopic (exact) mass is 213 g/mol. The van der Waals surface area contributed by atoms with Gasteiger partial charge in [-0.2, -0.15) is 0 Å². The van der Waals surface area contributed by atoms with Crippen molar-refractivity contribution in [3.05, 3.63) is 0 Å². The maximum atomic E-state index is 5.09. The quantitative estimate of drug-likeness (QED) is 0.656. The summed E-state index contributed by atoms with van der Waals surface area (Å²) in [7, 11) is 1.79. The molecule has 0 saturated heterocycles. The molecule has 2 atom stereocenters. The second-order valence-corrected chi connectivity index (χ2v) is 5.26. The molecule has 0 radical (unpaired) electrons. The molecule has 0 aromatic heterocycles. The SMILES string of the molecule is CCNC1CCC(C)(CCCCOC)C1. The highest BCUT2D eigenvalue weighted by atomic mass is 16.5. The second kappa shape index (κ2) is 6.49. The third kappa shape index (κ3) is 4.52. The van der Waals surface area contributed by atoms with Gasteiger partial charge in [-0.15, -0.1) is 0 Å². The van der Waals surface area contributed by atoms with Crippen LogP contribution in [0.25, 0.3) is 0 Å². The van der Waals surface area contributed by atoms with E-state index in [9.17, 15) is 0 Å². The molecule has 1 aliphatic carbocycles. The normalized spacial score (nSPS) is 31.0. The zero-order valence-electron chi connectivity index (χ0n) is 10.6. The summed E-state index contributed by atoms with van der Waals surface area (Å²) in [6.07, 6.45) is 8.06. The molecule has 90 valence electrons. The van der Waals surface area contributed by atoms with Gasteiger partial charge >= 0.3 is 0 Å². The first-order chi connectivity index (χ1) is 7.20. The molecule has 1 saturated carbocycles. The number of methoxy groups -OCH3 is 1. The molecule has 2 unspecified atom stereocenters. The molecule has 2 heteroatoms. The van der Waals surface area contributed by atoms with Crippen LogP contribution in [0.1, 0.15) is 52.4 Å². The Morgan fingerprint density at radius 2 is 2.20 bits per heavy atom. The molecule has 1 rings (SSSR count). The van der Waals surface area contributed by atoms with Crippen molar-refractivity contribution in [3.8, 4) is 0 Å². The molecule has 15 heavy (non-hydrogen) atoms. The number of hydrogen-bond donors (Lipinski definition) is 1. The molecule has 0 heterocycles. The standard InChI is InChI=1S/C13H27NO/c1-4-14-12-7-9-13(2,11-12)8-5-6-10-15-3/h12,14H,4-11H2,1-3H3. The van der Waals surface area contributed by atoms with E-state index in [1.165, 1.54) is 38.5 Å². The van der Waals surface area contributed by atoms with Gasteiger partial charge in [0.05, 0.1) is 0 Å². The molecular formula is C13H27NO. The van der Waals surface area contributed by atoms with Crippen LogP contribution in [0.15, 0.2) is 0 Å². The van der Waals surface area contributed by atoms with Crippen LogP contribution in [0.3, 0.4) is 0 Å². The summed E-state index contributed by atoms with van der Waals surface area (Å²) in [5.41, 5.74) is 0.598. The van der Waals surface area contributed by atoms with Gasteiger partial charge in [0.2, 0.25) is 0 Å². The molecular weight excluding hydrogens is 186 g/mol. The van der Waals surface area contributed by atoms with Crippen LogP contribution in [0.2, 0.25) is 0 Å². The number of hydrogen-bond acceptors (Lipinski definition) is 2. The van der Waals surface area contributed by atoms with Crippen molar-refractivity contribution >= 4 is 0 Å². The van der Waals surface area contributed by atoms with E-state index in [1.54, 1.807) is 7.11 Å². The zero-order valence-corrected chi connectivity index (χ0v) is 10.6. The Morgan fingerprint density at radius 3 is 2.87 bits per heavy atom. The van der Waals surface area contributed by atoms with Crippen LogP contribution in [0.5, 0.6) is 0 Å². The van der Waals surface area contributed by atoms with E-state index in [-0.39, 0.29) is 0 Å². The van der Waals surface area contributed by atoms with Crippen molar-refractivity contribution in [2.24, 2.45) is 5.41 Å². The fourth-order valence-electron chi connectivity index (χ4n) is 2.81. The zero-order chi connectivity index (χ0) is 11.1. The number of nitrogens with one attached hydrogen (secondary N) is 1. The fraction of sp³-hybridized carbons (Fsp3) is 1.00. The topological polar surface area (TPSA) is 21.3 Å². The summed E-state index contributed by atoms with van der Waals surface area (Å²) in [6.45, 7) is 6.70. The minimum atomic E-state index is 0.598. The van der Waals surface area contributed by atoms with E-state index in [1.807, 2.05) is 0 Å². The number of unbranched alkanes of at least 4 members (excludes halogenated alkanes) is 1. The van der Waals surface area contributed by atoms with Crippen LogP contribution >= 0.6 is 0 Å². The summed E-state index contributed by atoms with van der Waals surface area (Å²) >= 11 is 0. The molecule has 1 fully saturated rings. The summed E-state index contributed by atoms with van der Waals surface area (Å²) in [5.74, 6) is 0. The minimum Gasteiger partial charge on any atom is -0.385 e. The van der Waals surface area contributed by atoms with Gasteiger partial charge in [-0.05, 0) is 44.1 Å². The molecule has 0 spiro atoms. The smallest absolute Gasteiger partial charge is 0.0462 e. The maximum absolute atomic E-state index is 5.09. The predicted molar refractivity (Wildman–Crippen MR) is 65.1 cm³/mol. The van der Waals surface area contributed by atoms with Gasteiger partial charge in [0.15, 0.2) is 0 Å². The molecule has 0 aromatic carbocycles. The van der Waals surface area contributed by atoms with Gasteiger partial charge in [0, 0.05) is 19.8 Å². The number of ether oxygens (including phenoxy) is 1. The van der Waals surface area contributed by atoms with Crippen LogP contribution in [0.4, 0.5) is 0 Å². The third-order valence-electron chi connectivity index (χ3n) is 3.71. The summed E-state index contributed by atoms with van der Waals surface area (Å²) in [6, 6.07) is 0.780. The van der Waals surface area contributed by atoms with Gasteiger partial charge in [-0.3, -0.25) is 0 Å². The highest BCUT2D eigenvalue weighted by molar-refractivity contribution is 4.88. The van der Waals surface area contributed by atoms with E-state index in [4.69, 9.17) is 4.74 Å². The number of rotatable bonds is 7. The van der Waals surface area contributed by atoms with Crippen molar-refractivity contribution in [1.29, 1.82) is 0 Å². The molecule has 0 aromatic rings. The van der Waals surface area contributed by atoms with Gasteiger partial charge < -0.3 is 10.1 Å². The van der Waals surface area contributed by atoms with Crippen molar-refractivity contribution in [2.75, 3.05) is 20.3 Å². The lowest BCUT2D eigenvalue weighted by Crippen LogP contribution is -2.27. The molecule has 0 amide bonds. The van der Waals surface area contributed by atoms with Crippen LogP contribution in [-0.4, -0.2) is 26.3 Å². The molecule has 1 N–H and O–H groups in total. The second-order valence-electron chi connectivity index (χ2n) is 5.26. The average Bonchev–Trinajstić information content (AvgIpc) is 2.57. The Kier molecular flexibility index (Phi) is 5.62. The first-order valence-corrected chi connectivity index (χ1v) is 6.42. The van der Waals surface area contributed by atoms with Gasteiger partial charge in [-0.1, -0.05) is 20.3 Å². The third-order valence-corrected chi connectivity index (χ3v) is 3.71. The Hall–Kier alpha value is -0.0800. The Bertz CT molecular complexity index is 172. The first-order valence-electron chi connectivity index (χ1n) is 6.42. The highest BCUT2D eigenvalue weighted by Gasteiger charge is 2.33. The lowest BCUT2D eigenvalue weighted by Gasteiger charge is -2.24. The Balaban J connectivity index is 2.17. The van der Waals surface area contributed by atoms with E-state index < -0.39 is 0 Å². The van der Waals surface area contributed by atoms with Crippen molar-refractivity contribution in [3.63, 3.8) is 0 Å². The van der Waals surface area contributed by atoms with Crippen molar-refractivity contribution in [2.45, 2.75) is 58.4 Å². The summed E-state index contributed by atoms with van der Waals surface area (Å²) in [5, 5.41) is 3.58. The largest absolute Gasteiger partial charge is 0.385 e. The van der Waals surface area contributed by atoms with Crippen molar-refractivity contribution < 1.29 is 4.74 Å². The van der Waals surface area contributed by atoms with Gasteiger partial charge in [-0.25, -0.2) is 0 Å². The summed E-state index contributed by atoms with van der Waals surface area (Å²) < 4.78 is 5.09. The van der Waals surface area contributed by atoms with Gasteiger partial charge in [0.25, 0.3) is 0 Å².